The Morgan fingerprint density at radius 2 is 1.86 bits per heavy atom. The molecule has 144 valence electrons. The van der Waals surface area contributed by atoms with Gasteiger partial charge in [0.15, 0.2) is 18.1 Å². The summed E-state index contributed by atoms with van der Waals surface area (Å²) in [6.45, 7) is 1.59. The van der Waals surface area contributed by atoms with E-state index in [2.05, 4.69) is 0 Å². The van der Waals surface area contributed by atoms with E-state index in [4.69, 9.17) is 14.6 Å². The van der Waals surface area contributed by atoms with Gasteiger partial charge in [0.2, 0.25) is 0 Å². The Labute approximate surface area is 165 Å². The number of para-hydroxylation sites is 2. The minimum atomic E-state index is -1.14. The van der Waals surface area contributed by atoms with E-state index in [1.165, 1.54) is 6.08 Å². The van der Waals surface area contributed by atoms with Crippen molar-refractivity contribution in [2.75, 3.05) is 18.1 Å². The number of hydrogen-bond donors (Lipinski definition) is 1. The van der Waals surface area contributed by atoms with Gasteiger partial charge in [-0.25, -0.2) is 9.69 Å². The molecule has 2 amide bonds. The molecule has 0 radical (unpaired) electrons. The molecule has 0 atom stereocenters. The first-order valence-corrected chi connectivity index (χ1v) is 9.26. The van der Waals surface area contributed by atoms with Crippen LogP contribution in [0.25, 0.3) is 6.08 Å². The number of ether oxygens (including phenoxy) is 2. The fourth-order valence-corrected chi connectivity index (χ4v) is 3.44. The van der Waals surface area contributed by atoms with Crippen molar-refractivity contribution in [1.29, 1.82) is 0 Å². The van der Waals surface area contributed by atoms with E-state index >= 15 is 0 Å². The molecule has 0 aromatic heterocycles. The maximum absolute atomic E-state index is 12.8. The normalized spacial score (nSPS) is 15.2. The van der Waals surface area contributed by atoms with Crippen LogP contribution in [0.15, 0.2) is 53.4 Å². The minimum absolute atomic E-state index is 0.207. The second-order valence-electron chi connectivity index (χ2n) is 5.64. The molecule has 2 aromatic rings. The Morgan fingerprint density at radius 1 is 1.11 bits per heavy atom. The van der Waals surface area contributed by atoms with E-state index in [9.17, 15) is 14.4 Å². The first-order valence-electron chi connectivity index (χ1n) is 8.44. The lowest BCUT2D eigenvalue weighted by Gasteiger charge is -2.14. The molecule has 1 N–H and O–H groups in total. The largest absolute Gasteiger partial charge is 0.490 e. The highest BCUT2D eigenvalue weighted by molar-refractivity contribution is 8.19. The number of carboxylic acid groups (broad SMARTS) is 1. The van der Waals surface area contributed by atoms with Gasteiger partial charge in [-0.3, -0.25) is 9.59 Å². The van der Waals surface area contributed by atoms with Crippen molar-refractivity contribution in [2.45, 2.75) is 6.92 Å². The summed E-state index contributed by atoms with van der Waals surface area (Å²) in [5, 5.41) is 8.51. The van der Waals surface area contributed by atoms with Crippen LogP contribution in [0.5, 0.6) is 11.5 Å². The van der Waals surface area contributed by atoms with Gasteiger partial charge in [0, 0.05) is 5.56 Å². The highest BCUT2D eigenvalue weighted by Gasteiger charge is 2.36. The monoisotopic (exact) mass is 399 g/mol. The van der Waals surface area contributed by atoms with E-state index in [-0.39, 0.29) is 10.7 Å². The summed E-state index contributed by atoms with van der Waals surface area (Å²) in [5.74, 6) is -1.02. The van der Waals surface area contributed by atoms with Gasteiger partial charge in [-0.05, 0) is 43.0 Å². The lowest BCUT2D eigenvalue weighted by atomic mass is 10.1. The van der Waals surface area contributed by atoms with Gasteiger partial charge in [-0.2, -0.15) is 0 Å². The van der Waals surface area contributed by atoms with Crippen molar-refractivity contribution in [3.63, 3.8) is 0 Å². The molecule has 0 bridgehead atoms. The molecular formula is C20H17NO6S. The highest BCUT2D eigenvalue weighted by Crippen LogP contribution is 2.39. The maximum atomic E-state index is 12.8. The van der Waals surface area contributed by atoms with Gasteiger partial charge < -0.3 is 14.6 Å². The van der Waals surface area contributed by atoms with Crippen LogP contribution in [0.2, 0.25) is 0 Å². The van der Waals surface area contributed by atoms with Crippen molar-refractivity contribution in [1.82, 2.24) is 0 Å². The summed E-state index contributed by atoms with van der Waals surface area (Å²) < 4.78 is 10.9. The molecule has 0 spiro atoms. The summed E-state index contributed by atoms with van der Waals surface area (Å²) in [5.41, 5.74) is 0.935. The molecule has 1 aliphatic heterocycles. The Bertz CT molecular complexity index is 941. The zero-order valence-electron chi connectivity index (χ0n) is 15.0. The van der Waals surface area contributed by atoms with Crippen LogP contribution in [-0.2, 0) is 9.59 Å². The van der Waals surface area contributed by atoms with Gasteiger partial charge in [0.1, 0.15) is 0 Å². The Morgan fingerprint density at radius 3 is 2.54 bits per heavy atom. The van der Waals surface area contributed by atoms with E-state index in [0.717, 1.165) is 16.7 Å². The quantitative estimate of drug-likeness (QED) is 0.708. The number of imide groups is 1. The number of carboxylic acids is 1. The van der Waals surface area contributed by atoms with Crippen molar-refractivity contribution < 1.29 is 29.0 Å². The predicted octanol–water partition coefficient (Wildman–Crippen LogP) is 3.79. The van der Waals surface area contributed by atoms with Gasteiger partial charge in [-0.15, -0.1) is 0 Å². The molecule has 0 unspecified atom stereocenters. The second-order valence-corrected chi connectivity index (χ2v) is 6.64. The van der Waals surface area contributed by atoms with Crippen molar-refractivity contribution in [2.24, 2.45) is 0 Å². The average molecular weight is 399 g/mol. The number of carbonyl (C=O) groups excluding carboxylic acids is 2. The number of anilines is 1. The van der Waals surface area contributed by atoms with Gasteiger partial charge in [0.25, 0.3) is 11.1 Å². The summed E-state index contributed by atoms with van der Waals surface area (Å²) in [6.07, 6.45) is 1.51. The molecule has 7 nitrogen and oxygen atoms in total. The summed E-state index contributed by atoms with van der Waals surface area (Å²) in [6, 6.07) is 13.6. The molecule has 1 aliphatic rings. The third kappa shape index (κ3) is 4.17. The van der Waals surface area contributed by atoms with Crippen LogP contribution >= 0.6 is 11.8 Å². The van der Waals surface area contributed by atoms with Crippen LogP contribution in [-0.4, -0.2) is 35.4 Å². The molecule has 1 heterocycles. The van der Waals surface area contributed by atoms with Crippen LogP contribution in [0, 0.1) is 0 Å². The molecular weight excluding hydrogens is 382 g/mol. The first-order chi connectivity index (χ1) is 13.5. The van der Waals surface area contributed by atoms with Crippen LogP contribution in [0.3, 0.4) is 0 Å². The maximum Gasteiger partial charge on any atom is 0.341 e. The Balaban J connectivity index is 1.96. The summed E-state index contributed by atoms with van der Waals surface area (Å²) in [7, 11) is 0. The number of thioether (sulfide) groups is 1. The molecule has 2 aromatic carbocycles. The molecule has 0 saturated carbocycles. The molecule has 28 heavy (non-hydrogen) atoms. The van der Waals surface area contributed by atoms with E-state index in [1.54, 1.807) is 55.5 Å². The minimum Gasteiger partial charge on any atom is -0.490 e. The van der Waals surface area contributed by atoms with Crippen molar-refractivity contribution in [3.8, 4) is 11.5 Å². The number of carbonyl (C=O) groups is 3. The third-order valence-corrected chi connectivity index (χ3v) is 4.61. The molecule has 3 rings (SSSR count). The Hall–Kier alpha value is -3.26. The number of nitrogens with zero attached hydrogens (tertiary/aromatic N) is 1. The highest BCUT2D eigenvalue weighted by atomic mass is 32.2. The first kappa shape index (κ1) is 19.5. The number of hydrogen-bond acceptors (Lipinski definition) is 6. The number of aliphatic carboxylic acids is 1. The fourth-order valence-electron chi connectivity index (χ4n) is 2.61. The fraction of sp³-hybridized carbons (Fsp3) is 0.150. The average Bonchev–Trinajstić information content (AvgIpc) is 2.95. The lowest BCUT2D eigenvalue weighted by Crippen LogP contribution is -2.27. The molecule has 8 heteroatoms. The zero-order chi connectivity index (χ0) is 20.1. The van der Waals surface area contributed by atoms with Crippen molar-refractivity contribution >= 4 is 40.6 Å². The molecule has 0 aliphatic carbocycles. The van der Waals surface area contributed by atoms with Crippen LogP contribution < -0.4 is 14.4 Å². The third-order valence-electron chi connectivity index (χ3n) is 3.74. The number of benzene rings is 2. The predicted molar refractivity (Wildman–Crippen MR) is 106 cm³/mol. The Kier molecular flexibility index (Phi) is 6.00. The molecule has 1 saturated heterocycles. The summed E-state index contributed by atoms with van der Waals surface area (Å²) >= 11 is 0.810. The van der Waals surface area contributed by atoms with Crippen molar-refractivity contribution in [3.05, 3.63) is 59.0 Å². The van der Waals surface area contributed by atoms with Gasteiger partial charge in [0.05, 0.1) is 17.2 Å². The second kappa shape index (κ2) is 8.62. The topological polar surface area (TPSA) is 93.1 Å². The van der Waals surface area contributed by atoms with E-state index < -0.39 is 23.7 Å². The van der Waals surface area contributed by atoms with Crippen LogP contribution in [0.4, 0.5) is 10.5 Å². The standard InChI is InChI=1S/C20H17NO6S/c1-2-26-15-10-6-7-13(18(15)27-12-17(22)23)11-16-19(24)21(20(25)28-16)14-8-4-3-5-9-14/h3-11H,2,12H2,1H3,(H,22,23)/b16-11+. The number of amides is 2. The lowest BCUT2D eigenvalue weighted by molar-refractivity contribution is -0.139. The van der Waals surface area contributed by atoms with Gasteiger partial charge >= 0.3 is 5.97 Å². The smallest absolute Gasteiger partial charge is 0.341 e. The number of rotatable bonds is 7. The molecule has 1 fully saturated rings. The SMILES string of the molecule is CCOc1cccc(/C=C2/SC(=O)N(c3ccccc3)C2=O)c1OCC(=O)O. The van der Waals surface area contributed by atoms with E-state index in [1.807, 2.05) is 0 Å². The van der Waals surface area contributed by atoms with Gasteiger partial charge in [-0.1, -0.05) is 30.3 Å². The summed E-state index contributed by atoms with van der Waals surface area (Å²) in [4.78, 5) is 37.3. The van der Waals surface area contributed by atoms with E-state index in [0.29, 0.717) is 23.6 Å². The van der Waals surface area contributed by atoms with Crippen LogP contribution in [0.1, 0.15) is 12.5 Å². The zero-order valence-corrected chi connectivity index (χ0v) is 15.8.